The number of pyridine rings is 1. The van der Waals surface area contributed by atoms with Crippen LogP contribution in [0.5, 0.6) is 0 Å². The number of nitrogens with zero attached hydrogens (tertiary/aromatic N) is 1. The van der Waals surface area contributed by atoms with Crippen molar-refractivity contribution in [1.29, 1.82) is 0 Å². The quantitative estimate of drug-likeness (QED) is 0.707. The third-order valence-electron chi connectivity index (χ3n) is 3.05. The zero-order chi connectivity index (χ0) is 14.1. The predicted molar refractivity (Wildman–Crippen MR) is 89.2 cm³/mol. The number of halogens is 1. The van der Waals surface area contributed by atoms with E-state index >= 15 is 0 Å². The summed E-state index contributed by atoms with van der Waals surface area (Å²) >= 11 is 5.18. The summed E-state index contributed by atoms with van der Waals surface area (Å²) in [7, 11) is 0. The van der Waals surface area contributed by atoms with Gasteiger partial charge in [-0.3, -0.25) is 4.98 Å². The first-order valence-corrected chi connectivity index (χ1v) is 7.83. The average Bonchev–Trinajstić information content (AvgIpc) is 2.44. The Morgan fingerprint density at radius 1 is 1.10 bits per heavy atom. The number of aryl methyl sites for hydroxylation is 1. The smallest absolute Gasteiger partial charge is 0.0715 e. The van der Waals surface area contributed by atoms with Gasteiger partial charge in [0.15, 0.2) is 0 Å². The summed E-state index contributed by atoms with van der Waals surface area (Å²) in [6.07, 6.45) is 1.73. The zero-order valence-electron chi connectivity index (χ0n) is 10.9. The molecule has 0 aliphatic carbocycles. The van der Waals surface area contributed by atoms with Crippen LogP contribution in [0, 0.1) is 6.92 Å². The number of hydrogen-bond acceptors (Lipinski definition) is 3. The first-order chi connectivity index (χ1) is 9.63. The van der Waals surface area contributed by atoms with Crippen molar-refractivity contribution < 1.29 is 0 Å². The van der Waals surface area contributed by atoms with Crippen molar-refractivity contribution in [3.8, 4) is 0 Å². The van der Waals surface area contributed by atoms with Crippen LogP contribution in [-0.4, -0.2) is 4.98 Å². The molecule has 0 spiro atoms. The van der Waals surface area contributed by atoms with Crippen LogP contribution >= 0.6 is 27.7 Å². The maximum atomic E-state index is 6.12. The minimum absolute atomic E-state index is 0.709. The van der Waals surface area contributed by atoms with Crippen LogP contribution in [0.4, 0.5) is 5.69 Å². The van der Waals surface area contributed by atoms with Crippen molar-refractivity contribution in [1.82, 2.24) is 4.98 Å². The number of anilines is 1. The van der Waals surface area contributed by atoms with Gasteiger partial charge < -0.3 is 5.73 Å². The maximum Gasteiger partial charge on any atom is 0.0715 e. The molecule has 0 aliphatic rings. The second-order valence-corrected chi connectivity index (χ2v) is 6.62. The van der Waals surface area contributed by atoms with Crippen molar-refractivity contribution in [2.24, 2.45) is 0 Å². The Balaban J connectivity index is 2.12. The fraction of sp³-hybridized carbons (Fsp3) is 0.0625. The average molecular weight is 345 g/mol. The molecule has 2 nitrogen and oxygen atoms in total. The number of nitrogen functional groups attached to an aromatic ring is 1. The molecular weight excluding hydrogens is 332 g/mol. The Hall–Kier alpha value is -1.52. The fourth-order valence-corrected chi connectivity index (χ4v) is 3.31. The van der Waals surface area contributed by atoms with Gasteiger partial charge in [0, 0.05) is 19.6 Å². The summed E-state index contributed by atoms with van der Waals surface area (Å²) in [4.78, 5) is 6.61. The van der Waals surface area contributed by atoms with Gasteiger partial charge in [-0.05, 0) is 37.3 Å². The van der Waals surface area contributed by atoms with E-state index in [4.69, 9.17) is 5.73 Å². The summed E-state index contributed by atoms with van der Waals surface area (Å²) in [5.74, 6) is 0. The van der Waals surface area contributed by atoms with Crippen molar-refractivity contribution in [3.05, 3.63) is 58.7 Å². The lowest BCUT2D eigenvalue weighted by Crippen LogP contribution is -1.92. The monoisotopic (exact) mass is 344 g/mol. The van der Waals surface area contributed by atoms with Crippen molar-refractivity contribution >= 4 is 44.3 Å². The molecule has 0 amide bonds. The first kappa shape index (κ1) is 13.5. The van der Waals surface area contributed by atoms with Crippen LogP contribution in [0.2, 0.25) is 0 Å². The van der Waals surface area contributed by atoms with Gasteiger partial charge >= 0.3 is 0 Å². The minimum Gasteiger partial charge on any atom is -0.397 e. The molecule has 0 bridgehead atoms. The molecule has 0 radical (unpaired) electrons. The number of nitrogens with two attached hydrogens (primary N) is 1. The maximum absolute atomic E-state index is 6.12. The molecule has 3 aromatic rings. The second-order valence-electron chi connectivity index (χ2n) is 4.62. The van der Waals surface area contributed by atoms with Crippen molar-refractivity contribution in [2.45, 2.75) is 16.7 Å². The molecule has 0 saturated carbocycles. The highest BCUT2D eigenvalue weighted by Gasteiger charge is 2.09. The molecule has 0 aliphatic heterocycles. The van der Waals surface area contributed by atoms with Gasteiger partial charge in [0.05, 0.1) is 17.4 Å². The van der Waals surface area contributed by atoms with Crippen LogP contribution in [0.1, 0.15) is 5.56 Å². The molecule has 0 unspecified atom stereocenters. The van der Waals surface area contributed by atoms with E-state index in [0.717, 1.165) is 20.3 Å². The molecule has 3 rings (SSSR count). The highest BCUT2D eigenvalue weighted by Crippen LogP contribution is 2.37. The minimum atomic E-state index is 0.709. The molecule has 0 fully saturated rings. The number of benzene rings is 2. The summed E-state index contributed by atoms with van der Waals surface area (Å²) < 4.78 is 1.03. The van der Waals surface area contributed by atoms with Crippen molar-refractivity contribution in [2.75, 3.05) is 5.73 Å². The Bertz CT molecular complexity index is 764. The molecule has 20 heavy (non-hydrogen) atoms. The van der Waals surface area contributed by atoms with Crippen LogP contribution in [0.15, 0.2) is 62.9 Å². The van der Waals surface area contributed by atoms with Crippen LogP contribution in [0.3, 0.4) is 0 Å². The van der Waals surface area contributed by atoms with Crippen LogP contribution in [0.25, 0.3) is 10.9 Å². The molecule has 100 valence electrons. The third kappa shape index (κ3) is 2.67. The van der Waals surface area contributed by atoms with E-state index in [9.17, 15) is 0 Å². The first-order valence-electron chi connectivity index (χ1n) is 6.22. The van der Waals surface area contributed by atoms with Gasteiger partial charge in [0.2, 0.25) is 0 Å². The zero-order valence-corrected chi connectivity index (χ0v) is 13.3. The number of fused-ring (bicyclic) bond motifs is 1. The molecule has 1 aromatic heterocycles. The summed E-state index contributed by atoms with van der Waals surface area (Å²) in [5.41, 5.74) is 9.04. The van der Waals surface area contributed by atoms with Crippen LogP contribution in [-0.2, 0) is 0 Å². The molecule has 1 heterocycles. The normalized spacial score (nSPS) is 10.9. The van der Waals surface area contributed by atoms with E-state index < -0.39 is 0 Å². The van der Waals surface area contributed by atoms with E-state index in [1.807, 2.05) is 12.1 Å². The third-order valence-corrected chi connectivity index (χ3v) is 4.71. The molecular formula is C16H13BrN2S. The second kappa shape index (κ2) is 5.46. The van der Waals surface area contributed by atoms with Gasteiger partial charge in [0.25, 0.3) is 0 Å². The van der Waals surface area contributed by atoms with E-state index in [2.05, 4.69) is 58.2 Å². The standard InChI is InChI=1S/C16H13BrN2S/c1-10-2-5-12(6-3-10)20-16-13-8-11(17)4-7-15(13)19-9-14(16)18/h2-9H,18H2,1H3. The van der Waals surface area contributed by atoms with Gasteiger partial charge in [-0.15, -0.1) is 0 Å². The topological polar surface area (TPSA) is 38.9 Å². The lowest BCUT2D eigenvalue weighted by atomic mass is 10.2. The Morgan fingerprint density at radius 3 is 2.60 bits per heavy atom. The molecule has 0 saturated heterocycles. The van der Waals surface area contributed by atoms with E-state index in [1.54, 1.807) is 18.0 Å². The van der Waals surface area contributed by atoms with Gasteiger partial charge in [-0.2, -0.15) is 0 Å². The Morgan fingerprint density at radius 2 is 1.85 bits per heavy atom. The predicted octanol–water partition coefficient (Wildman–Crippen LogP) is 5.04. The number of aromatic nitrogens is 1. The SMILES string of the molecule is Cc1ccc(Sc2c(N)cnc3ccc(Br)cc23)cc1. The van der Waals surface area contributed by atoms with Gasteiger partial charge in [-0.25, -0.2) is 0 Å². The lowest BCUT2D eigenvalue weighted by molar-refractivity contribution is 1.34. The molecule has 0 atom stereocenters. The van der Waals surface area contributed by atoms with E-state index in [0.29, 0.717) is 5.69 Å². The lowest BCUT2D eigenvalue weighted by Gasteiger charge is -2.09. The number of hydrogen-bond donors (Lipinski definition) is 1. The molecule has 2 aromatic carbocycles. The largest absolute Gasteiger partial charge is 0.397 e. The summed E-state index contributed by atoms with van der Waals surface area (Å²) in [6, 6.07) is 14.5. The highest BCUT2D eigenvalue weighted by atomic mass is 79.9. The van der Waals surface area contributed by atoms with Gasteiger partial charge in [0.1, 0.15) is 0 Å². The highest BCUT2D eigenvalue weighted by molar-refractivity contribution is 9.10. The number of rotatable bonds is 2. The molecule has 2 N–H and O–H groups in total. The van der Waals surface area contributed by atoms with Crippen molar-refractivity contribution in [3.63, 3.8) is 0 Å². The Labute approximate surface area is 130 Å². The molecule has 4 heteroatoms. The fourth-order valence-electron chi connectivity index (χ4n) is 1.99. The Kier molecular flexibility index (Phi) is 3.68. The van der Waals surface area contributed by atoms with Gasteiger partial charge in [-0.1, -0.05) is 45.4 Å². The summed E-state index contributed by atoms with van der Waals surface area (Å²) in [5, 5.41) is 1.07. The summed E-state index contributed by atoms with van der Waals surface area (Å²) in [6.45, 7) is 2.09. The van der Waals surface area contributed by atoms with Crippen LogP contribution < -0.4 is 5.73 Å². The van der Waals surface area contributed by atoms with E-state index in [1.165, 1.54) is 10.5 Å². The van der Waals surface area contributed by atoms with E-state index in [-0.39, 0.29) is 0 Å².